The Labute approximate surface area is 329 Å². The standard InChI is InChI=1S/C48H56O6Si/c1-8-19-43-47(33-32-42-36(9-2)28-31-44(49)51-42,53-45(52-43)37-26-29-41(30-27-37)54-55(6,7)46(3,4)5)34-35-50-48(38-20-13-10-14-21-38,39-22-15-11-16-23-39)40-24-17-12-18-25-40/h8,10-18,20-33,36,42-43,45H,1,9,19,34-35H2,2-7H3/t36-,42-,43+,45+,47-/m0/s1. The van der Waals surface area contributed by atoms with E-state index in [9.17, 15) is 4.79 Å². The largest absolute Gasteiger partial charge is 0.544 e. The van der Waals surface area contributed by atoms with Crippen molar-refractivity contribution >= 4 is 14.3 Å². The molecule has 0 bridgehead atoms. The van der Waals surface area contributed by atoms with Crippen LogP contribution in [0.25, 0.3) is 0 Å². The van der Waals surface area contributed by atoms with Crippen LogP contribution in [0, 0.1) is 5.92 Å². The van der Waals surface area contributed by atoms with Gasteiger partial charge in [0.05, 0.1) is 12.7 Å². The van der Waals surface area contributed by atoms with Gasteiger partial charge in [0.1, 0.15) is 23.1 Å². The molecule has 0 spiro atoms. The summed E-state index contributed by atoms with van der Waals surface area (Å²) in [6.07, 6.45) is 9.68. The first-order valence-corrected chi connectivity index (χ1v) is 22.4. The molecule has 0 saturated carbocycles. The lowest BCUT2D eigenvalue weighted by molar-refractivity contribution is -0.143. The minimum absolute atomic E-state index is 0.0496. The van der Waals surface area contributed by atoms with Crippen molar-refractivity contribution in [2.24, 2.45) is 5.92 Å². The van der Waals surface area contributed by atoms with Gasteiger partial charge in [0, 0.05) is 24.0 Å². The fourth-order valence-corrected chi connectivity index (χ4v) is 8.26. The molecular formula is C48H56O6Si. The smallest absolute Gasteiger partial charge is 0.331 e. The van der Waals surface area contributed by atoms with Crippen LogP contribution in [0.3, 0.4) is 0 Å². The maximum atomic E-state index is 12.4. The molecule has 0 aromatic heterocycles. The third-order valence-corrected chi connectivity index (χ3v) is 15.8. The van der Waals surface area contributed by atoms with Gasteiger partial charge in [-0.3, -0.25) is 0 Å². The highest BCUT2D eigenvalue weighted by molar-refractivity contribution is 6.74. The first-order valence-electron chi connectivity index (χ1n) is 19.5. The van der Waals surface area contributed by atoms with Crippen LogP contribution >= 0.6 is 0 Å². The fourth-order valence-electron chi connectivity index (χ4n) is 7.22. The molecule has 0 radical (unpaired) electrons. The number of carbonyl (C=O) groups excluding carboxylic acids is 1. The molecule has 2 heterocycles. The molecule has 6 nitrogen and oxygen atoms in total. The highest BCUT2D eigenvalue weighted by Gasteiger charge is 2.49. The Morgan fingerprint density at radius 1 is 0.836 bits per heavy atom. The van der Waals surface area contributed by atoms with Gasteiger partial charge >= 0.3 is 5.97 Å². The Morgan fingerprint density at radius 2 is 1.40 bits per heavy atom. The van der Waals surface area contributed by atoms with Gasteiger partial charge in [-0.1, -0.05) is 149 Å². The summed E-state index contributed by atoms with van der Waals surface area (Å²) >= 11 is 0. The average molecular weight is 757 g/mol. The average Bonchev–Trinajstić information content (AvgIpc) is 3.54. The molecule has 288 valence electrons. The first-order chi connectivity index (χ1) is 26.4. The van der Waals surface area contributed by atoms with E-state index in [1.54, 1.807) is 0 Å². The predicted molar refractivity (Wildman–Crippen MR) is 222 cm³/mol. The number of hydrogen-bond donors (Lipinski definition) is 0. The second-order valence-electron chi connectivity index (χ2n) is 16.1. The first kappa shape index (κ1) is 40.1. The third kappa shape index (κ3) is 8.81. The summed E-state index contributed by atoms with van der Waals surface area (Å²) < 4.78 is 33.6. The van der Waals surface area contributed by atoms with E-state index in [0.717, 1.165) is 34.4 Å². The molecule has 2 aliphatic rings. The second-order valence-corrected chi connectivity index (χ2v) is 20.8. The molecule has 0 amide bonds. The minimum Gasteiger partial charge on any atom is -0.544 e. The van der Waals surface area contributed by atoms with Gasteiger partial charge in [-0.05, 0) is 65.9 Å². The zero-order valence-corrected chi connectivity index (χ0v) is 34.2. The topological polar surface area (TPSA) is 63.2 Å². The summed E-state index contributed by atoms with van der Waals surface area (Å²) in [4.78, 5) is 12.4. The lowest BCUT2D eigenvalue weighted by Gasteiger charge is -2.38. The maximum Gasteiger partial charge on any atom is 0.331 e. The molecule has 7 heteroatoms. The number of carbonyl (C=O) groups is 1. The summed E-state index contributed by atoms with van der Waals surface area (Å²) in [5.41, 5.74) is 2.10. The SMILES string of the molecule is C=CC[C@H]1O[C@@H](c2ccc(O[Si](C)(C)C(C)(C)C)cc2)O[C@@]1(C=C[C@@H]1OC(=O)C=C[C@@H]1CC)CCOC(c1ccccc1)(c1ccccc1)c1ccccc1. The van der Waals surface area contributed by atoms with Crippen LogP contribution in [0.15, 0.2) is 152 Å². The van der Waals surface area contributed by atoms with Crippen molar-refractivity contribution < 1.29 is 28.2 Å². The molecule has 2 aliphatic heterocycles. The Kier molecular flexibility index (Phi) is 12.5. The zero-order chi connectivity index (χ0) is 39.1. The van der Waals surface area contributed by atoms with E-state index in [0.29, 0.717) is 19.4 Å². The van der Waals surface area contributed by atoms with Crippen LogP contribution in [0.5, 0.6) is 5.75 Å². The number of esters is 1. The number of benzene rings is 4. The third-order valence-electron chi connectivity index (χ3n) is 11.4. The molecule has 6 rings (SSSR count). The molecule has 0 unspecified atom stereocenters. The highest BCUT2D eigenvalue weighted by Crippen LogP contribution is 2.46. The summed E-state index contributed by atoms with van der Waals surface area (Å²) in [5, 5.41) is 0.0770. The van der Waals surface area contributed by atoms with Crippen LogP contribution in [0.1, 0.15) is 75.5 Å². The molecule has 0 aliphatic carbocycles. The van der Waals surface area contributed by atoms with Gasteiger partial charge < -0.3 is 23.4 Å². The lowest BCUT2D eigenvalue weighted by atomic mass is 9.80. The lowest BCUT2D eigenvalue weighted by Crippen LogP contribution is -2.43. The van der Waals surface area contributed by atoms with E-state index < -0.39 is 38.0 Å². The molecule has 4 aromatic rings. The van der Waals surface area contributed by atoms with E-state index in [-0.39, 0.29) is 16.9 Å². The van der Waals surface area contributed by atoms with Gasteiger partial charge in [-0.15, -0.1) is 6.58 Å². The predicted octanol–water partition coefficient (Wildman–Crippen LogP) is 11.3. The summed E-state index contributed by atoms with van der Waals surface area (Å²) in [6, 6.07) is 39.2. The normalized spacial score (nSPS) is 23.1. The van der Waals surface area contributed by atoms with Crippen molar-refractivity contribution in [1.29, 1.82) is 0 Å². The van der Waals surface area contributed by atoms with Crippen molar-refractivity contribution in [3.05, 3.63) is 174 Å². The highest BCUT2D eigenvalue weighted by atomic mass is 28.4. The Bertz CT molecular complexity index is 1820. The summed E-state index contributed by atoms with van der Waals surface area (Å²) in [5.74, 6) is 0.542. The van der Waals surface area contributed by atoms with E-state index in [1.165, 1.54) is 6.08 Å². The van der Waals surface area contributed by atoms with E-state index in [2.05, 4.69) is 126 Å². The zero-order valence-electron chi connectivity index (χ0n) is 33.2. The van der Waals surface area contributed by atoms with Gasteiger partial charge in [0.25, 0.3) is 0 Å². The van der Waals surface area contributed by atoms with E-state index in [4.69, 9.17) is 23.4 Å². The molecule has 5 atom stereocenters. The molecule has 1 fully saturated rings. The minimum atomic E-state index is -2.02. The van der Waals surface area contributed by atoms with E-state index in [1.807, 2.05) is 60.7 Å². The van der Waals surface area contributed by atoms with Crippen LogP contribution in [0.4, 0.5) is 0 Å². The van der Waals surface area contributed by atoms with Crippen molar-refractivity contribution in [1.82, 2.24) is 0 Å². The number of hydrogen-bond acceptors (Lipinski definition) is 6. The van der Waals surface area contributed by atoms with Crippen molar-refractivity contribution in [3.8, 4) is 5.75 Å². The van der Waals surface area contributed by atoms with Crippen molar-refractivity contribution in [2.75, 3.05) is 6.61 Å². The molecular weight excluding hydrogens is 701 g/mol. The van der Waals surface area contributed by atoms with Crippen molar-refractivity contribution in [2.45, 2.75) is 94.8 Å². The van der Waals surface area contributed by atoms with Gasteiger partial charge in [0.2, 0.25) is 8.32 Å². The number of rotatable bonds is 15. The molecule has 1 saturated heterocycles. The molecule has 4 aromatic carbocycles. The van der Waals surface area contributed by atoms with Crippen LogP contribution in [-0.2, 0) is 29.3 Å². The monoisotopic (exact) mass is 756 g/mol. The summed E-state index contributed by atoms with van der Waals surface area (Å²) in [7, 11) is -2.02. The summed E-state index contributed by atoms with van der Waals surface area (Å²) in [6.45, 7) is 17.7. The van der Waals surface area contributed by atoms with Crippen LogP contribution < -0.4 is 4.43 Å². The molecule has 0 N–H and O–H groups in total. The molecule has 55 heavy (non-hydrogen) atoms. The van der Waals surface area contributed by atoms with Crippen molar-refractivity contribution in [3.63, 3.8) is 0 Å². The van der Waals surface area contributed by atoms with Gasteiger partial charge in [-0.25, -0.2) is 4.79 Å². The van der Waals surface area contributed by atoms with Gasteiger partial charge in [0.15, 0.2) is 6.29 Å². The number of cyclic esters (lactones) is 1. The maximum absolute atomic E-state index is 12.4. The quantitative estimate of drug-likeness (QED) is 0.0521. The van der Waals surface area contributed by atoms with E-state index >= 15 is 0 Å². The van der Waals surface area contributed by atoms with Crippen LogP contribution in [-0.4, -0.2) is 38.7 Å². The Morgan fingerprint density at radius 3 is 1.91 bits per heavy atom. The Balaban J connectivity index is 1.37. The fraction of sp³-hybridized carbons (Fsp3) is 0.354. The number of ether oxygens (including phenoxy) is 4. The second kappa shape index (κ2) is 17.1. The van der Waals surface area contributed by atoms with Crippen LogP contribution in [0.2, 0.25) is 18.1 Å². The Hall–Kier alpha value is -4.53. The van der Waals surface area contributed by atoms with Gasteiger partial charge in [-0.2, -0.15) is 0 Å².